The van der Waals surface area contributed by atoms with Crippen LogP contribution in [0.3, 0.4) is 0 Å². The van der Waals surface area contributed by atoms with Gasteiger partial charge in [0, 0.05) is 11.1 Å². The van der Waals surface area contributed by atoms with Gasteiger partial charge in [0.1, 0.15) is 0 Å². The standard InChI is InChI=1S/C13H13NO3/c1-8-5-10-6-9(7-12(15)17-2)3-4-11(10)14-13(8)16/h3-6H,7H2,1-2H3,(H,14,16). The monoisotopic (exact) mass is 231 g/mol. The minimum absolute atomic E-state index is 0.0850. The van der Waals surface area contributed by atoms with Crippen LogP contribution in [0.4, 0.5) is 0 Å². The number of aromatic amines is 1. The summed E-state index contributed by atoms with van der Waals surface area (Å²) in [5, 5.41) is 0.920. The van der Waals surface area contributed by atoms with Gasteiger partial charge in [-0.25, -0.2) is 0 Å². The number of hydrogen-bond donors (Lipinski definition) is 1. The summed E-state index contributed by atoms with van der Waals surface area (Å²) in [5.41, 5.74) is 2.22. The highest BCUT2D eigenvalue weighted by Crippen LogP contribution is 2.14. The third kappa shape index (κ3) is 2.36. The number of H-pyrrole nitrogens is 1. The van der Waals surface area contributed by atoms with Gasteiger partial charge in [-0.2, -0.15) is 0 Å². The molecule has 2 aromatic rings. The lowest BCUT2D eigenvalue weighted by atomic mass is 10.1. The molecule has 1 aromatic heterocycles. The molecular formula is C13H13NO3. The number of methoxy groups -OCH3 is 1. The molecule has 1 aromatic carbocycles. The number of aryl methyl sites for hydroxylation is 1. The van der Waals surface area contributed by atoms with Crippen molar-refractivity contribution in [2.24, 2.45) is 0 Å². The van der Waals surface area contributed by atoms with Gasteiger partial charge >= 0.3 is 5.97 Å². The Balaban J connectivity index is 2.47. The van der Waals surface area contributed by atoms with Crippen molar-refractivity contribution in [3.05, 3.63) is 45.7 Å². The van der Waals surface area contributed by atoms with E-state index in [9.17, 15) is 9.59 Å². The number of hydrogen-bond acceptors (Lipinski definition) is 3. The lowest BCUT2D eigenvalue weighted by Gasteiger charge is -2.03. The van der Waals surface area contributed by atoms with Crippen molar-refractivity contribution in [3.8, 4) is 0 Å². The SMILES string of the molecule is COC(=O)Cc1ccc2[nH]c(=O)c(C)cc2c1. The fourth-order valence-electron chi connectivity index (χ4n) is 1.71. The number of nitrogens with one attached hydrogen (secondary N) is 1. The molecule has 0 unspecified atom stereocenters. The van der Waals surface area contributed by atoms with E-state index >= 15 is 0 Å². The van der Waals surface area contributed by atoms with Gasteiger partial charge in [-0.1, -0.05) is 6.07 Å². The topological polar surface area (TPSA) is 59.2 Å². The van der Waals surface area contributed by atoms with E-state index in [1.54, 1.807) is 13.0 Å². The van der Waals surface area contributed by atoms with Crippen molar-refractivity contribution in [2.45, 2.75) is 13.3 Å². The Morgan fingerprint density at radius 1 is 1.35 bits per heavy atom. The third-order valence-electron chi connectivity index (χ3n) is 2.67. The van der Waals surface area contributed by atoms with Crippen LogP contribution >= 0.6 is 0 Å². The zero-order valence-corrected chi connectivity index (χ0v) is 9.74. The Kier molecular flexibility index (Phi) is 2.95. The van der Waals surface area contributed by atoms with Crippen LogP contribution in [0.1, 0.15) is 11.1 Å². The fraction of sp³-hybridized carbons (Fsp3) is 0.231. The van der Waals surface area contributed by atoms with Gasteiger partial charge in [-0.05, 0) is 36.1 Å². The third-order valence-corrected chi connectivity index (χ3v) is 2.67. The summed E-state index contributed by atoms with van der Waals surface area (Å²) in [7, 11) is 1.37. The van der Waals surface area contributed by atoms with Gasteiger partial charge in [0.25, 0.3) is 5.56 Å². The van der Waals surface area contributed by atoms with Crippen LogP contribution in [0, 0.1) is 6.92 Å². The minimum atomic E-state index is -0.273. The highest BCUT2D eigenvalue weighted by Gasteiger charge is 2.04. The molecule has 0 amide bonds. The van der Waals surface area contributed by atoms with Crippen molar-refractivity contribution in [1.82, 2.24) is 4.98 Å². The maximum Gasteiger partial charge on any atom is 0.309 e. The second-order valence-electron chi connectivity index (χ2n) is 3.96. The number of pyridine rings is 1. The van der Waals surface area contributed by atoms with Crippen molar-refractivity contribution in [2.75, 3.05) is 7.11 Å². The summed E-state index contributed by atoms with van der Waals surface area (Å²) < 4.78 is 4.61. The fourth-order valence-corrected chi connectivity index (χ4v) is 1.71. The molecule has 4 nitrogen and oxygen atoms in total. The number of ether oxygens (including phenoxy) is 1. The van der Waals surface area contributed by atoms with Gasteiger partial charge in [0.15, 0.2) is 0 Å². The Morgan fingerprint density at radius 2 is 2.12 bits per heavy atom. The second-order valence-corrected chi connectivity index (χ2v) is 3.96. The molecule has 0 atom stereocenters. The zero-order chi connectivity index (χ0) is 12.4. The average molecular weight is 231 g/mol. The first-order valence-corrected chi connectivity index (χ1v) is 5.29. The van der Waals surface area contributed by atoms with Gasteiger partial charge in [-0.15, -0.1) is 0 Å². The molecule has 0 radical (unpaired) electrons. The molecule has 0 aliphatic carbocycles. The molecule has 17 heavy (non-hydrogen) atoms. The van der Waals surface area contributed by atoms with E-state index in [4.69, 9.17) is 0 Å². The van der Waals surface area contributed by atoms with Crippen molar-refractivity contribution < 1.29 is 9.53 Å². The smallest absolute Gasteiger partial charge is 0.309 e. The number of rotatable bonds is 2. The number of esters is 1. The predicted molar refractivity (Wildman–Crippen MR) is 65.0 cm³/mol. The summed E-state index contributed by atoms with van der Waals surface area (Å²) in [5.74, 6) is -0.273. The summed E-state index contributed by atoms with van der Waals surface area (Å²) in [6.45, 7) is 1.76. The Morgan fingerprint density at radius 3 is 2.82 bits per heavy atom. The summed E-state index contributed by atoms with van der Waals surface area (Å²) >= 11 is 0. The van der Waals surface area contributed by atoms with E-state index < -0.39 is 0 Å². The van der Waals surface area contributed by atoms with Gasteiger partial charge < -0.3 is 9.72 Å². The van der Waals surface area contributed by atoms with Crippen LogP contribution in [-0.4, -0.2) is 18.1 Å². The molecule has 0 spiro atoms. The number of aromatic nitrogens is 1. The average Bonchev–Trinajstić information content (AvgIpc) is 2.31. The van der Waals surface area contributed by atoms with E-state index in [0.717, 1.165) is 16.5 Å². The molecule has 0 aliphatic heterocycles. The van der Waals surface area contributed by atoms with Crippen LogP contribution in [0.15, 0.2) is 29.1 Å². The second kappa shape index (κ2) is 4.41. The maximum absolute atomic E-state index is 11.4. The van der Waals surface area contributed by atoms with Crippen molar-refractivity contribution >= 4 is 16.9 Å². The lowest BCUT2D eigenvalue weighted by Crippen LogP contribution is -2.09. The molecular weight excluding hydrogens is 218 g/mol. The Hall–Kier alpha value is -2.10. The Bertz CT molecular complexity index is 628. The molecule has 0 saturated carbocycles. The van der Waals surface area contributed by atoms with Gasteiger partial charge in [0.2, 0.25) is 0 Å². The largest absolute Gasteiger partial charge is 0.469 e. The molecule has 0 fully saturated rings. The van der Waals surface area contributed by atoms with Crippen LogP contribution in [0.5, 0.6) is 0 Å². The van der Waals surface area contributed by atoms with E-state index in [2.05, 4.69) is 9.72 Å². The minimum Gasteiger partial charge on any atom is -0.469 e. The van der Waals surface area contributed by atoms with Crippen LogP contribution in [-0.2, 0) is 16.0 Å². The van der Waals surface area contributed by atoms with Crippen LogP contribution < -0.4 is 5.56 Å². The zero-order valence-electron chi connectivity index (χ0n) is 9.74. The summed E-state index contributed by atoms with van der Waals surface area (Å²) in [6.07, 6.45) is 0.241. The molecule has 1 N–H and O–H groups in total. The van der Waals surface area contributed by atoms with Crippen LogP contribution in [0.2, 0.25) is 0 Å². The first-order chi connectivity index (χ1) is 8.10. The molecule has 0 aliphatic rings. The van der Waals surface area contributed by atoms with Crippen molar-refractivity contribution in [3.63, 3.8) is 0 Å². The molecule has 4 heteroatoms. The lowest BCUT2D eigenvalue weighted by molar-refractivity contribution is -0.139. The molecule has 2 rings (SSSR count). The van der Waals surface area contributed by atoms with Crippen LogP contribution in [0.25, 0.3) is 10.9 Å². The number of carbonyl (C=O) groups excluding carboxylic acids is 1. The van der Waals surface area contributed by atoms with Gasteiger partial charge in [-0.3, -0.25) is 9.59 Å². The van der Waals surface area contributed by atoms with Crippen molar-refractivity contribution in [1.29, 1.82) is 0 Å². The normalized spacial score (nSPS) is 10.5. The van der Waals surface area contributed by atoms with E-state index in [0.29, 0.717) is 5.56 Å². The number of fused-ring (bicyclic) bond motifs is 1. The summed E-state index contributed by atoms with van der Waals surface area (Å²) in [6, 6.07) is 7.31. The highest BCUT2D eigenvalue weighted by atomic mass is 16.5. The number of benzene rings is 1. The van der Waals surface area contributed by atoms with E-state index in [1.807, 2.05) is 18.2 Å². The predicted octanol–water partition coefficient (Wildman–Crippen LogP) is 1.55. The molecule has 88 valence electrons. The number of carbonyl (C=O) groups is 1. The van der Waals surface area contributed by atoms with E-state index in [1.165, 1.54) is 7.11 Å². The molecule has 0 bridgehead atoms. The quantitative estimate of drug-likeness (QED) is 0.798. The first-order valence-electron chi connectivity index (χ1n) is 5.29. The summed E-state index contributed by atoms with van der Waals surface area (Å²) in [4.78, 5) is 25.4. The molecule has 1 heterocycles. The maximum atomic E-state index is 11.4. The first kappa shape index (κ1) is 11.4. The molecule has 0 saturated heterocycles. The van der Waals surface area contributed by atoms with E-state index in [-0.39, 0.29) is 17.9 Å². The van der Waals surface area contributed by atoms with Gasteiger partial charge in [0.05, 0.1) is 13.5 Å². The highest BCUT2D eigenvalue weighted by molar-refractivity contribution is 5.81. The Labute approximate surface area is 98.2 Å².